The van der Waals surface area contributed by atoms with Crippen LogP contribution >= 0.6 is 23.2 Å². The highest BCUT2D eigenvalue weighted by Crippen LogP contribution is 2.27. The quantitative estimate of drug-likeness (QED) is 0.647. The van der Waals surface area contributed by atoms with E-state index in [-0.39, 0.29) is 11.2 Å². The van der Waals surface area contributed by atoms with E-state index < -0.39 is 14.8 Å². The van der Waals surface area contributed by atoms with Crippen LogP contribution in [0.1, 0.15) is 46.5 Å². The maximum Gasteiger partial charge on any atom is 0.216 e. The summed E-state index contributed by atoms with van der Waals surface area (Å²) in [4.78, 5) is 3.99. The highest BCUT2D eigenvalue weighted by Gasteiger charge is 2.32. The molecule has 6 nitrogen and oxygen atoms in total. The molecule has 2 N–H and O–H groups in total. The van der Waals surface area contributed by atoms with Crippen LogP contribution in [-0.2, 0) is 10.0 Å². The van der Waals surface area contributed by atoms with E-state index in [1.807, 2.05) is 24.3 Å². The molecule has 3 rings (SSSR count). The molecular formula is C20H28Cl2N4O2S. The first-order chi connectivity index (χ1) is 13.6. The van der Waals surface area contributed by atoms with Gasteiger partial charge in [0.05, 0.1) is 4.75 Å². The summed E-state index contributed by atoms with van der Waals surface area (Å²) in [6, 6.07) is 7.97. The van der Waals surface area contributed by atoms with Crippen molar-refractivity contribution in [3.63, 3.8) is 0 Å². The lowest BCUT2D eigenvalue weighted by molar-refractivity contribution is 0.322. The molecule has 9 heteroatoms. The maximum atomic E-state index is 12.3. The van der Waals surface area contributed by atoms with Crippen molar-refractivity contribution in [3.05, 3.63) is 40.9 Å². The normalized spacial score (nSPS) is 20.6. The van der Waals surface area contributed by atoms with E-state index in [2.05, 4.69) is 15.0 Å². The molecule has 1 aromatic carbocycles. The summed E-state index contributed by atoms with van der Waals surface area (Å²) in [5.41, 5.74) is 1.93. The van der Waals surface area contributed by atoms with Crippen molar-refractivity contribution in [2.24, 2.45) is 5.92 Å². The Morgan fingerprint density at radius 2 is 1.72 bits per heavy atom. The Bertz CT molecular complexity index is 928. The Hall–Kier alpha value is -1.28. The molecule has 1 fully saturated rings. The maximum absolute atomic E-state index is 12.3. The van der Waals surface area contributed by atoms with Gasteiger partial charge in [-0.3, -0.25) is 4.57 Å². The van der Waals surface area contributed by atoms with E-state index >= 15 is 0 Å². The predicted octanol–water partition coefficient (Wildman–Crippen LogP) is 4.87. The van der Waals surface area contributed by atoms with Crippen LogP contribution < -0.4 is 10.0 Å². The van der Waals surface area contributed by atoms with Crippen LogP contribution in [0.3, 0.4) is 0 Å². The zero-order chi connectivity index (χ0) is 21.2. The second-order valence-electron chi connectivity index (χ2n) is 8.58. The van der Waals surface area contributed by atoms with Gasteiger partial charge >= 0.3 is 0 Å². The van der Waals surface area contributed by atoms with E-state index in [1.165, 1.54) is 0 Å². The fourth-order valence-electron chi connectivity index (χ4n) is 3.37. The second kappa shape index (κ2) is 8.84. The lowest BCUT2D eigenvalue weighted by Gasteiger charge is -2.31. The average Bonchev–Trinajstić information content (AvgIpc) is 2.99. The van der Waals surface area contributed by atoms with Gasteiger partial charge in [0.2, 0.25) is 10.0 Å². The van der Waals surface area contributed by atoms with Crippen molar-refractivity contribution in [2.75, 3.05) is 11.9 Å². The SMILES string of the molecule is CC(C)(C)S(=O)(=O)NC1CCC(CNc2ccc(-n3cnc(Cl)c3Cl)cc2)CC1. The molecule has 1 saturated carbocycles. The molecule has 2 aromatic rings. The molecule has 0 unspecified atom stereocenters. The molecule has 1 aliphatic rings. The standard InChI is InChI=1S/C20H28Cl2N4O2S/c1-20(2,3)29(27,28)25-16-6-4-14(5-7-16)12-23-15-8-10-17(11-9-15)26-13-24-18(21)19(26)22/h8-11,13-14,16,23,25H,4-7,12H2,1-3H3. The van der Waals surface area contributed by atoms with Gasteiger partial charge in [0.25, 0.3) is 0 Å². The number of nitrogens with one attached hydrogen (secondary N) is 2. The van der Waals surface area contributed by atoms with Crippen LogP contribution in [0.4, 0.5) is 5.69 Å². The Morgan fingerprint density at radius 1 is 1.10 bits per heavy atom. The summed E-state index contributed by atoms with van der Waals surface area (Å²) in [5.74, 6) is 0.534. The van der Waals surface area contributed by atoms with Crippen LogP contribution in [0.5, 0.6) is 0 Å². The van der Waals surface area contributed by atoms with E-state index in [9.17, 15) is 8.42 Å². The van der Waals surface area contributed by atoms with Gasteiger partial charge in [-0.2, -0.15) is 0 Å². The number of rotatable bonds is 6. The first kappa shape index (κ1) is 22.4. The smallest absolute Gasteiger partial charge is 0.216 e. The Morgan fingerprint density at radius 3 is 2.24 bits per heavy atom. The minimum absolute atomic E-state index is 0.0431. The number of benzene rings is 1. The molecule has 0 bridgehead atoms. The molecule has 0 saturated heterocycles. The number of aromatic nitrogens is 2. The van der Waals surface area contributed by atoms with Gasteiger partial charge in [-0.15, -0.1) is 0 Å². The molecule has 0 radical (unpaired) electrons. The largest absolute Gasteiger partial charge is 0.385 e. The molecule has 0 aliphatic heterocycles. The summed E-state index contributed by atoms with van der Waals surface area (Å²) >= 11 is 12.0. The topological polar surface area (TPSA) is 76.0 Å². The minimum Gasteiger partial charge on any atom is -0.385 e. The summed E-state index contributed by atoms with van der Waals surface area (Å²) in [6.07, 6.45) is 5.36. The third kappa shape index (κ3) is 5.45. The summed E-state index contributed by atoms with van der Waals surface area (Å²) in [6.45, 7) is 6.05. The van der Waals surface area contributed by atoms with Gasteiger partial charge < -0.3 is 5.32 Å². The van der Waals surface area contributed by atoms with Gasteiger partial charge in [0.1, 0.15) is 6.33 Å². The van der Waals surface area contributed by atoms with E-state index in [0.29, 0.717) is 11.1 Å². The average molecular weight is 459 g/mol. The van der Waals surface area contributed by atoms with Crippen molar-refractivity contribution in [3.8, 4) is 5.69 Å². The number of hydrogen-bond acceptors (Lipinski definition) is 4. The van der Waals surface area contributed by atoms with Crippen molar-refractivity contribution < 1.29 is 8.42 Å². The Balaban J connectivity index is 1.48. The Kier molecular flexibility index (Phi) is 6.83. The van der Waals surface area contributed by atoms with Crippen LogP contribution in [0.25, 0.3) is 5.69 Å². The third-order valence-corrected chi connectivity index (χ3v) is 8.37. The van der Waals surface area contributed by atoms with Crippen LogP contribution in [0, 0.1) is 5.92 Å². The molecule has 160 valence electrons. The molecule has 1 aliphatic carbocycles. The van der Waals surface area contributed by atoms with Crippen molar-refractivity contribution in [1.29, 1.82) is 0 Å². The zero-order valence-corrected chi connectivity index (χ0v) is 19.3. The summed E-state index contributed by atoms with van der Waals surface area (Å²) in [7, 11) is -3.29. The predicted molar refractivity (Wildman–Crippen MR) is 120 cm³/mol. The van der Waals surface area contributed by atoms with Crippen molar-refractivity contribution in [2.45, 2.75) is 57.2 Å². The summed E-state index contributed by atoms with van der Waals surface area (Å²) < 4.78 is 28.5. The lowest BCUT2D eigenvalue weighted by atomic mass is 9.86. The molecule has 0 spiro atoms. The number of anilines is 1. The Labute approximate surface area is 183 Å². The van der Waals surface area contributed by atoms with Crippen LogP contribution in [0.15, 0.2) is 30.6 Å². The molecule has 0 amide bonds. The van der Waals surface area contributed by atoms with Gasteiger partial charge in [0, 0.05) is 24.0 Å². The molecule has 29 heavy (non-hydrogen) atoms. The number of sulfonamides is 1. The van der Waals surface area contributed by atoms with E-state index in [1.54, 1.807) is 31.7 Å². The first-order valence-corrected chi connectivity index (χ1v) is 12.1. The molecule has 1 aromatic heterocycles. The van der Waals surface area contributed by atoms with E-state index in [0.717, 1.165) is 43.6 Å². The van der Waals surface area contributed by atoms with Crippen LogP contribution in [0.2, 0.25) is 10.3 Å². The van der Waals surface area contributed by atoms with Gasteiger partial charge in [-0.25, -0.2) is 18.1 Å². The van der Waals surface area contributed by atoms with E-state index in [4.69, 9.17) is 23.2 Å². The second-order valence-corrected chi connectivity index (χ2v) is 11.8. The molecule has 0 atom stereocenters. The number of imidazole rings is 1. The molecular weight excluding hydrogens is 431 g/mol. The highest BCUT2D eigenvalue weighted by molar-refractivity contribution is 7.90. The highest BCUT2D eigenvalue weighted by atomic mass is 35.5. The monoisotopic (exact) mass is 458 g/mol. The number of halogens is 2. The van der Waals surface area contributed by atoms with Gasteiger partial charge in [-0.1, -0.05) is 23.2 Å². The van der Waals surface area contributed by atoms with Crippen molar-refractivity contribution in [1.82, 2.24) is 14.3 Å². The molecule has 1 heterocycles. The zero-order valence-electron chi connectivity index (χ0n) is 17.0. The first-order valence-electron chi connectivity index (χ1n) is 9.81. The fraction of sp³-hybridized carbons (Fsp3) is 0.550. The van der Waals surface area contributed by atoms with Crippen molar-refractivity contribution >= 4 is 38.9 Å². The summed E-state index contributed by atoms with van der Waals surface area (Å²) in [5, 5.41) is 4.16. The fourth-order valence-corrected chi connectivity index (χ4v) is 4.73. The number of hydrogen-bond donors (Lipinski definition) is 2. The third-order valence-electron chi connectivity index (χ3n) is 5.38. The van der Waals surface area contributed by atoms with Gasteiger partial charge in [0.15, 0.2) is 10.3 Å². The lowest BCUT2D eigenvalue weighted by Crippen LogP contribution is -2.46. The number of nitrogens with zero attached hydrogens (tertiary/aromatic N) is 2. The van der Waals surface area contributed by atoms with Gasteiger partial charge in [-0.05, 0) is 76.6 Å². The minimum atomic E-state index is -3.29. The van der Waals surface area contributed by atoms with Crippen LogP contribution in [-0.4, -0.2) is 35.3 Å².